The van der Waals surface area contributed by atoms with Gasteiger partial charge in [0.05, 0.1) is 12.1 Å². The maximum atomic E-state index is 11.7. The second-order valence-corrected chi connectivity index (χ2v) is 5.41. The van der Waals surface area contributed by atoms with Crippen LogP contribution in [0.5, 0.6) is 5.75 Å². The van der Waals surface area contributed by atoms with Crippen molar-refractivity contribution in [1.82, 2.24) is 0 Å². The molecule has 1 amide bonds. The van der Waals surface area contributed by atoms with E-state index in [-0.39, 0.29) is 5.91 Å². The number of benzene rings is 1. The van der Waals surface area contributed by atoms with Crippen molar-refractivity contribution in [3.05, 3.63) is 24.3 Å². The number of rotatable bonds is 5. The highest BCUT2D eigenvalue weighted by molar-refractivity contribution is 5.97. The molecule has 0 atom stereocenters. The molecular weight excluding hydrogens is 228 g/mol. The van der Waals surface area contributed by atoms with E-state index in [2.05, 4.69) is 19.2 Å². The molecule has 0 aliphatic heterocycles. The number of carbonyl (C=O) groups excluding carboxylic acids is 1. The van der Waals surface area contributed by atoms with Gasteiger partial charge in [0.25, 0.3) is 0 Å². The van der Waals surface area contributed by atoms with Gasteiger partial charge in [0.15, 0.2) is 0 Å². The highest BCUT2D eigenvalue weighted by Crippen LogP contribution is 2.18. The number of amides is 1. The van der Waals surface area contributed by atoms with Crippen molar-refractivity contribution in [2.45, 2.75) is 33.2 Å². The van der Waals surface area contributed by atoms with Gasteiger partial charge in [-0.05, 0) is 31.9 Å². The molecule has 18 heavy (non-hydrogen) atoms. The zero-order valence-corrected chi connectivity index (χ0v) is 11.5. The van der Waals surface area contributed by atoms with Gasteiger partial charge < -0.3 is 15.8 Å². The van der Waals surface area contributed by atoms with E-state index in [9.17, 15) is 4.79 Å². The molecule has 0 fully saturated rings. The highest BCUT2D eigenvalue weighted by atomic mass is 16.5. The summed E-state index contributed by atoms with van der Waals surface area (Å²) >= 11 is 0. The fourth-order valence-electron chi connectivity index (χ4n) is 1.22. The Labute approximate surface area is 109 Å². The Hall–Kier alpha value is -1.55. The van der Waals surface area contributed by atoms with Crippen molar-refractivity contribution >= 4 is 11.6 Å². The van der Waals surface area contributed by atoms with Gasteiger partial charge in [0.1, 0.15) is 5.75 Å². The monoisotopic (exact) mass is 250 g/mol. The molecule has 1 aromatic carbocycles. The van der Waals surface area contributed by atoms with Gasteiger partial charge in [-0.15, -0.1) is 0 Å². The Morgan fingerprint density at radius 1 is 1.44 bits per heavy atom. The first-order valence-electron chi connectivity index (χ1n) is 6.12. The minimum absolute atomic E-state index is 0.219. The predicted molar refractivity (Wildman–Crippen MR) is 73.7 cm³/mol. The van der Waals surface area contributed by atoms with Gasteiger partial charge in [-0.25, -0.2) is 0 Å². The number of carbonyl (C=O) groups is 1. The van der Waals surface area contributed by atoms with Crippen LogP contribution >= 0.6 is 0 Å². The molecule has 0 saturated heterocycles. The van der Waals surface area contributed by atoms with Gasteiger partial charge in [-0.1, -0.05) is 19.9 Å². The molecule has 0 unspecified atom stereocenters. The van der Waals surface area contributed by atoms with Crippen molar-refractivity contribution in [1.29, 1.82) is 0 Å². The number of ether oxygens (including phenoxy) is 1. The van der Waals surface area contributed by atoms with Crippen molar-refractivity contribution in [2.75, 3.05) is 11.9 Å². The summed E-state index contributed by atoms with van der Waals surface area (Å²) in [6.45, 7) is 8.16. The predicted octanol–water partition coefficient (Wildman–Crippen LogP) is 2.40. The molecule has 0 spiro atoms. The Bertz CT molecular complexity index is 409. The SMILES string of the molecule is CC(C)COc1cccc(NC(=O)C(C)(C)N)c1. The second-order valence-electron chi connectivity index (χ2n) is 5.41. The van der Waals surface area contributed by atoms with E-state index in [0.717, 1.165) is 5.75 Å². The lowest BCUT2D eigenvalue weighted by atomic mass is 10.1. The number of nitrogens with two attached hydrogens (primary N) is 1. The van der Waals surface area contributed by atoms with E-state index in [0.29, 0.717) is 18.2 Å². The summed E-state index contributed by atoms with van der Waals surface area (Å²) in [5.41, 5.74) is 5.52. The quantitative estimate of drug-likeness (QED) is 0.843. The van der Waals surface area contributed by atoms with Gasteiger partial charge in [-0.3, -0.25) is 4.79 Å². The molecule has 3 N–H and O–H groups in total. The molecular formula is C14H22N2O2. The molecule has 1 rings (SSSR count). The summed E-state index contributed by atoms with van der Waals surface area (Å²) in [4.78, 5) is 11.7. The van der Waals surface area contributed by atoms with Crippen molar-refractivity contribution < 1.29 is 9.53 Å². The Morgan fingerprint density at radius 3 is 2.67 bits per heavy atom. The molecule has 4 nitrogen and oxygen atoms in total. The summed E-state index contributed by atoms with van der Waals surface area (Å²) in [6.07, 6.45) is 0. The van der Waals surface area contributed by atoms with Crippen molar-refractivity contribution in [3.8, 4) is 5.75 Å². The summed E-state index contributed by atoms with van der Waals surface area (Å²) < 4.78 is 5.59. The van der Waals surface area contributed by atoms with Gasteiger partial charge >= 0.3 is 0 Å². The minimum atomic E-state index is -0.894. The maximum absolute atomic E-state index is 11.7. The number of hydrogen-bond acceptors (Lipinski definition) is 3. The summed E-state index contributed by atoms with van der Waals surface area (Å²) in [6, 6.07) is 7.32. The summed E-state index contributed by atoms with van der Waals surface area (Å²) in [7, 11) is 0. The van der Waals surface area contributed by atoms with Crippen LogP contribution in [0.2, 0.25) is 0 Å². The lowest BCUT2D eigenvalue weighted by Crippen LogP contribution is -2.45. The van der Waals surface area contributed by atoms with Gasteiger partial charge in [0, 0.05) is 11.8 Å². The molecule has 0 saturated carbocycles. The average molecular weight is 250 g/mol. The summed E-state index contributed by atoms with van der Waals surface area (Å²) in [5, 5.41) is 2.77. The first kappa shape index (κ1) is 14.5. The van der Waals surface area contributed by atoms with E-state index >= 15 is 0 Å². The van der Waals surface area contributed by atoms with E-state index in [1.165, 1.54) is 0 Å². The molecule has 100 valence electrons. The normalized spacial score (nSPS) is 11.4. The van der Waals surface area contributed by atoms with Gasteiger partial charge in [0.2, 0.25) is 5.91 Å². The zero-order chi connectivity index (χ0) is 13.8. The Balaban J connectivity index is 2.68. The third-order valence-electron chi connectivity index (χ3n) is 2.26. The van der Waals surface area contributed by atoms with Crippen LogP contribution in [0.15, 0.2) is 24.3 Å². The van der Waals surface area contributed by atoms with Crippen LogP contribution in [-0.2, 0) is 4.79 Å². The molecule has 0 aliphatic carbocycles. The fraction of sp³-hybridized carbons (Fsp3) is 0.500. The zero-order valence-electron chi connectivity index (χ0n) is 11.5. The molecule has 0 radical (unpaired) electrons. The summed E-state index contributed by atoms with van der Waals surface area (Å²) in [5.74, 6) is 0.992. The van der Waals surface area contributed by atoms with Crippen LogP contribution in [0.1, 0.15) is 27.7 Å². The van der Waals surface area contributed by atoms with E-state index < -0.39 is 5.54 Å². The van der Waals surface area contributed by atoms with Crippen LogP contribution in [0.3, 0.4) is 0 Å². The molecule has 0 aliphatic rings. The third-order valence-corrected chi connectivity index (χ3v) is 2.26. The topological polar surface area (TPSA) is 64.3 Å². The molecule has 1 aromatic rings. The molecule has 4 heteroatoms. The number of anilines is 1. The number of hydrogen-bond donors (Lipinski definition) is 2. The van der Waals surface area contributed by atoms with Gasteiger partial charge in [-0.2, -0.15) is 0 Å². The van der Waals surface area contributed by atoms with Crippen LogP contribution in [-0.4, -0.2) is 18.1 Å². The number of nitrogens with one attached hydrogen (secondary N) is 1. The van der Waals surface area contributed by atoms with Crippen molar-refractivity contribution in [3.63, 3.8) is 0 Å². The van der Waals surface area contributed by atoms with Crippen molar-refractivity contribution in [2.24, 2.45) is 11.7 Å². The van der Waals surface area contributed by atoms with Crippen LogP contribution < -0.4 is 15.8 Å². The van der Waals surface area contributed by atoms with Crippen LogP contribution in [0.25, 0.3) is 0 Å². The smallest absolute Gasteiger partial charge is 0.243 e. The minimum Gasteiger partial charge on any atom is -0.493 e. The van der Waals surface area contributed by atoms with E-state index in [1.807, 2.05) is 18.2 Å². The lowest BCUT2D eigenvalue weighted by molar-refractivity contribution is -0.120. The van der Waals surface area contributed by atoms with E-state index in [4.69, 9.17) is 10.5 Å². The molecule has 0 aromatic heterocycles. The Morgan fingerprint density at radius 2 is 2.11 bits per heavy atom. The fourth-order valence-corrected chi connectivity index (χ4v) is 1.22. The molecule has 0 heterocycles. The Kier molecular flexibility index (Phi) is 4.73. The third kappa shape index (κ3) is 4.75. The van der Waals surface area contributed by atoms with Crippen LogP contribution in [0.4, 0.5) is 5.69 Å². The first-order valence-corrected chi connectivity index (χ1v) is 6.12. The molecule has 0 bridgehead atoms. The first-order chi connectivity index (χ1) is 8.29. The maximum Gasteiger partial charge on any atom is 0.243 e. The second kappa shape index (κ2) is 5.87. The lowest BCUT2D eigenvalue weighted by Gasteiger charge is -2.18. The average Bonchev–Trinajstić information content (AvgIpc) is 2.25. The highest BCUT2D eigenvalue weighted by Gasteiger charge is 2.21. The van der Waals surface area contributed by atoms with E-state index in [1.54, 1.807) is 19.9 Å². The van der Waals surface area contributed by atoms with Crippen LogP contribution in [0, 0.1) is 5.92 Å². The largest absolute Gasteiger partial charge is 0.493 e. The standard InChI is InChI=1S/C14H22N2O2/c1-10(2)9-18-12-7-5-6-11(8-12)16-13(17)14(3,4)15/h5-8,10H,9,15H2,1-4H3,(H,16,17).